The van der Waals surface area contributed by atoms with Crippen molar-refractivity contribution in [1.29, 1.82) is 5.26 Å². The molecule has 0 radical (unpaired) electrons. The molecule has 0 amide bonds. The van der Waals surface area contributed by atoms with E-state index in [1.54, 1.807) is 18.2 Å². The molecule has 0 N–H and O–H groups in total. The minimum Gasteiger partial charge on any atom is -0.258 e. The molecule has 0 saturated carbocycles. The number of benzene rings is 2. The highest BCUT2D eigenvalue weighted by Crippen LogP contribution is 2.20. The largest absolute Gasteiger partial charge is 0.270 e. The summed E-state index contributed by atoms with van der Waals surface area (Å²) in [5.41, 5.74) is 3.03. The topological polar surface area (TPSA) is 66.9 Å². The second kappa shape index (κ2) is 5.81. The summed E-state index contributed by atoms with van der Waals surface area (Å²) < 4.78 is 0. The number of nitro benzene ring substituents is 1. The average Bonchev–Trinajstić information content (AvgIpc) is 2.46. The fraction of sp³-hybridized carbons (Fsp3) is 0.0625. The van der Waals surface area contributed by atoms with Gasteiger partial charge in [0.1, 0.15) is 0 Å². The molecule has 0 heterocycles. The summed E-state index contributed by atoms with van der Waals surface area (Å²) in [5, 5.41) is 20.0. The van der Waals surface area contributed by atoms with Crippen LogP contribution < -0.4 is 0 Å². The van der Waals surface area contributed by atoms with Crippen LogP contribution in [0.25, 0.3) is 11.6 Å². The van der Waals surface area contributed by atoms with E-state index < -0.39 is 4.92 Å². The van der Waals surface area contributed by atoms with Gasteiger partial charge in [-0.3, -0.25) is 10.1 Å². The highest BCUT2D eigenvalue weighted by Gasteiger charge is 2.06. The summed E-state index contributed by atoms with van der Waals surface area (Å²) in [6, 6.07) is 15.9. The Kier molecular flexibility index (Phi) is 3.92. The number of nitriles is 1. The van der Waals surface area contributed by atoms with Crippen LogP contribution in [0.4, 0.5) is 5.69 Å². The molecule has 0 fully saturated rings. The van der Waals surface area contributed by atoms with Gasteiger partial charge in [0.05, 0.1) is 16.6 Å². The third-order valence-corrected chi connectivity index (χ3v) is 2.88. The first kappa shape index (κ1) is 13.5. The Bertz CT molecular complexity index is 710. The van der Waals surface area contributed by atoms with Crippen molar-refractivity contribution < 1.29 is 4.92 Å². The van der Waals surface area contributed by atoms with Gasteiger partial charge in [0.2, 0.25) is 0 Å². The van der Waals surface area contributed by atoms with Crippen molar-refractivity contribution in [2.45, 2.75) is 6.92 Å². The lowest BCUT2D eigenvalue weighted by Crippen LogP contribution is -1.88. The molecule has 4 heteroatoms. The Morgan fingerprint density at radius 1 is 1.25 bits per heavy atom. The maximum absolute atomic E-state index is 10.7. The molecule has 0 unspecified atom stereocenters. The second-order valence-electron chi connectivity index (χ2n) is 4.39. The summed E-state index contributed by atoms with van der Waals surface area (Å²) >= 11 is 0. The number of nitro groups is 1. The number of rotatable bonds is 3. The highest BCUT2D eigenvalue weighted by molar-refractivity contribution is 5.89. The van der Waals surface area contributed by atoms with E-state index in [0.29, 0.717) is 11.1 Å². The van der Waals surface area contributed by atoms with E-state index in [9.17, 15) is 15.4 Å². The molecule has 0 bridgehead atoms. The molecule has 2 aromatic rings. The summed E-state index contributed by atoms with van der Waals surface area (Å²) in [6.07, 6.45) is 1.65. The number of allylic oxidation sites excluding steroid dienone is 1. The lowest BCUT2D eigenvalue weighted by molar-refractivity contribution is -0.384. The van der Waals surface area contributed by atoms with E-state index >= 15 is 0 Å². The molecule has 0 saturated heterocycles. The Labute approximate surface area is 116 Å². The number of nitrogens with zero attached hydrogens (tertiary/aromatic N) is 2. The molecule has 2 aromatic carbocycles. The van der Waals surface area contributed by atoms with Crippen LogP contribution in [0, 0.1) is 28.4 Å². The average molecular weight is 264 g/mol. The van der Waals surface area contributed by atoms with Crippen molar-refractivity contribution in [2.75, 3.05) is 0 Å². The van der Waals surface area contributed by atoms with Crippen molar-refractivity contribution in [3.63, 3.8) is 0 Å². The minimum absolute atomic E-state index is 0.0138. The molecule has 20 heavy (non-hydrogen) atoms. The van der Waals surface area contributed by atoms with E-state index in [2.05, 4.69) is 6.07 Å². The van der Waals surface area contributed by atoms with Crippen LogP contribution in [0.2, 0.25) is 0 Å². The smallest absolute Gasteiger partial charge is 0.258 e. The molecule has 98 valence electrons. The quantitative estimate of drug-likeness (QED) is 0.364. The van der Waals surface area contributed by atoms with Crippen LogP contribution in [0.1, 0.15) is 16.7 Å². The fourth-order valence-corrected chi connectivity index (χ4v) is 1.81. The van der Waals surface area contributed by atoms with Gasteiger partial charge in [-0.15, -0.1) is 0 Å². The molecule has 0 spiro atoms. The number of hydrogen-bond acceptors (Lipinski definition) is 3. The minimum atomic E-state index is -0.449. The van der Waals surface area contributed by atoms with Gasteiger partial charge >= 0.3 is 0 Å². The molecular weight excluding hydrogens is 252 g/mol. The summed E-state index contributed by atoms with van der Waals surface area (Å²) in [6.45, 7) is 1.97. The SMILES string of the molecule is Cc1ccc(/C(C#N)=C/c2cccc([N+](=O)[O-])c2)cc1. The summed E-state index contributed by atoms with van der Waals surface area (Å²) in [7, 11) is 0. The first-order chi connectivity index (χ1) is 9.60. The standard InChI is InChI=1S/C16H12N2O2/c1-12-5-7-14(8-6-12)15(11-17)9-13-3-2-4-16(10-13)18(19)20/h2-10H,1H3/b15-9+. The van der Waals surface area contributed by atoms with Gasteiger partial charge in [0.25, 0.3) is 5.69 Å². The van der Waals surface area contributed by atoms with Gasteiger partial charge in [0, 0.05) is 12.1 Å². The molecule has 2 rings (SSSR count). The zero-order valence-electron chi connectivity index (χ0n) is 10.9. The van der Waals surface area contributed by atoms with E-state index in [0.717, 1.165) is 11.1 Å². The van der Waals surface area contributed by atoms with Gasteiger partial charge in [-0.25, -0.2) is 0 Å². The fourth-order valence-electron chi connectivity index (χ4n) is 1.81. The van der Waals surface area contributed by atoms with E-state index in [1.807, 2.05) is 31.2 Å². The van der Waals surface area contributed by atoms with Crippen LogP contribution in [-0.4, -0.2) is 4.92 Å². The third kappa shape index (κ3) is 3.09. The zero-order valence-corrected chi connectivity index (χ0v) is 10.9. The van der Waals surface area contributed by atoms with Crippen LogP contribution in [0.5, 0.6) is 0 Å². The lowest BCUT2D eigenvalue weighted by Gasteiger charge is -2.01. The Morgan fingerprint density at radius 3 is 2.55 bits per heavy atom. The number of non-ortho nitro benzene ring substituents is 1. The van der Waals surface area contributed by atoms with Gasteiger partial charge in [0.15, 0.2) is 0 Å². The van der Waals surface area contributed by atoms with Crippen LogP contribution in [-0.2, 0) is 0 Å². The molecular formula is C16H12N2O2. The van der Waals surface area contributed by atoms with Crippen LogP contribution >= 0.6 is 0 Å². The molecule has 0 atom stereocenters. The maximum Gasteiger partial charge on any atom is 0.270 e. The molecule has 0 aliphatic rings. The van der Waals surface area contributed by atoms with E-state index in [1.165, 1.54) is 12.1 Å². The molecule has 0 aliphatic carbocycles. The molecule has 0 aliphatic heterocycles. The predicted octanol–water partition coefficient (Wildman–Crippen LogP) is 3.97. The lowest BCUT2D eigenvalue weighted by atomic mass is 10.0. The van der Waals surface area contributed by atoms with Crippen LogP contribution in [0.3, 0.4) is 0 Å². The van der Waals surface area contributed by atoms with Gasteiger partial charge in [-0.2, -0.15) is 5.26 Å². The Hall–Kier alpha value is -2.93. The van der Waals surface area contributed by atoms with E-state index in [4.69, 9.17) is 0 Å². The molecule has 0 aromatic heterocycles. The van der Waals surface area contributed by atoms with Gasteiger partial charge < -0.3 is 0 Å². The number of hydrogen-bond donors (Lipinski definition) is 0. The van der Waals surface area contributed by atoms with Crippen molar-refractivity contribution >= 4 is 17.3 Å². The number of aryl methyl sites for hydroxylation is 1. The van der Waals surface area contributed by atoms with Crippen LogP contribution in [0.15, 0.2) is 48.5 Å². The Morgan fingerprint density at radius 2 is 1.95 bits per heavy atom. The first-order valence-electron chi connectivity index (χ1n) is 6.03. The Balaban J connectivity index is 2.41. The first-order valence-corrected chi connectivity index (χ1v) is 6.03. The summed E-state index contributed by atoms with van der Waals surface area (Å²) in [4.78, 5) is 10.3. The van der Waals surface area contributed by atoms with Gasteiger partial charge in [-0.1, -0.05) is 42.0 Å². The monoisotopic (exact) mass is 264 g/mol. The summed E-state index contributed by atoms with van der Waals surface area (Å²) in [5.74, 6) is 0. The third-order valence-electron chi connectivity index (χ3n) is 2.88. The van der Waals surface area contributed by atoms with Crippen molar-refractivity contribution in [2.24, 2.45) is 0 Å². The van der Waals surface area contributed by atoms with Gasteiger partial charge in [-0.05, 0) is 24.1 Å². The molecule has 4 nitrogen and oxygen atoms in total. The van der Waals surface area contributed by atoms with E-state index in [-0.39, 0.29) is 5.69 Å². The highest BCUT2D eigenvalue weighted by atomic mass is 16.6. The second-order valence-corrected chi connectivity index (χ2v) is 4.39. The van der Waals surface area contributed by atoms with Crippen molar-refractivity contribution in [3.05, 3.63) is 75.3 Å². The van der Waals surface area contributed by atoms with Crippen molar-refractivity contribution in [1.82, 2.24) is 0 Å². The zero-order chi connectivity index (χ0) is 14.5. The normalized spacial score (nSPS) is 10.9. The van der Waals surface area contributed by atoms with Crippen molar-refractivity contribution in [3.8, 4) is 6.07 Å². The predicted molar refractivity (Wildman–Crippen MR) is 77.8 cm³/mol. The maximum atomic E-state index is 10.7.